The van der Waals surface area contributed by atoms with Crippen molar-refractivity contribution in [1.29, 1.82) is 0 Å². The molecule has 0 bridgehead atoms. The molecule has 1 aromatic carbocycles. The number of rotatable bonds is 5. The summed E-state index contributed by atoms with van der Waals surface area (Å²) in [6.45, 7) is 6.53. The molecule has 0 aliphatic carbocycles. The van der Waals surface area contributed by atoms with Gasteiger partial charge >= 0.3 is 0 Å². The maximum Gasteiger partial charge on any atom is 0.261 e. The first kappa shape index (κ1) is 21.0. The van der Waals surface area contributed by atoms with E-state index >= 15 is 0 Å². The molecule has 7 heteroatoms. The van der Waals surface area contributed by atoms with E-state index in [1.54, 1.807) is 6.07 Å². The third-order valence-corrected chi connectivity index (χ3v) is 6.63. The van der Waals surface area contributed by atoms with E-state index in [1.807, 2.05) is 23.1 Å². The van der Waals surface area contributed by atoms with Gasteiger partial charge < -0.3 is 14.9 Å². The number of amides is 1. The van der Waals surface area contributed by atoms with E-state index in [0.717, 1.165) is 19.6 Å². The smallest absolute Gasteiger partial charge is 0.261 e. The van der Waals surface area contributed by atoms with Gasteiger partial charge in [0.2, 0.25) is 5.91 Å². The monoisotopic (exact) mass is 412 g/mol. The molecule has 2 fully saturated rings. The third-order valence-electron chi connectivity index (χ3n) is 6.63. The Morgan fingerprint density at radius 3 is 2.77 bits per heavy atom. The van der Waals surface area contributed by atoms with Crippen LogP contribution in [0, 0.1) is 5.92 Å². The number of nitrogens with zero attached hydrogens (tertiary/aromatic N) is 4. The first-order valence-corrected chi connectivity index (χ1v) is 11.1. The Labute approximate surface area is 177 Å². The number of likely N-dealkylation sites (tertiary alicyclic amines) is 2. The highest BCUT2D eigenvalue weighted by Gasteiger charge is 2.34. The van der Waals surface area contributed by atoms with Crippen molar-refractivity contribution >= 4 is 16.8 Å². The van der Waals surface area contributed by atoms with Crippen molar-refractivity contribution in [1.82, 2.24) is 19.4 Å². The van der Waals surface area contributed by atoms with Gasteiger partial charge in [0.05, 0.1) is 29.4 Å². The zero-order chi connectivity index (χ0) is 21.1. The molecule has 4 rings (SSSR count). The quantitative estimate of drug-likeness (QED) is 0.811. The molecule has 30 heavy (non-hydrogen) atoms. The van der Waals surface area contributed by atoms with Gasteiger partial charge in [-0.2, -0.15) is 0 Å². The number of fused-ring (bicyclic) bond motifs is 1. The molecule has 7 nitrogen and oxygen atoms in total. The molecular weight excluding hydrogens is 380 g/mol. The van der Waals surface area contributed by atoms with Crippen LogP contribution in [-0.2, 0) is 11.3 Å². The molecule has 0 unspecified atom stereocenters. The lowest BCUT2D eigenvalue weighted by molar-refractivity contribution is -0.136. The van der Waals surface area contributed by atoms with Crippen LogP contribution in [0.1, 0.15) is 39.0 Å². The fourth-order valence-electron chi connectivity index (χ4n) is 4.77. The minimum absolute atomic E-state index is 0.136. The molecule has 1 amide bonds. The van der Waals surface area contributed by atoms with Gasteiger partial charge in [-0.1, -0.05) is 19.1 Å². The van der Waals surface area contributed by atoms with Crippen LogP contribution in [0.3, 0.4) is 0 Å². The van der Waals surface area contributed by atoms with Gasteiger partial charge in [-0.05, 0) is 50.3 Å². The Morgan fingerprint density at radius 1 is 1.23 bits per heavy atom. The summed E-state index contributed by atoms with van der Waals surface area (Å²) in [5.74, 6) is 0.881. The zero-order valence-corrected chi connectivity index (χ0v) is 17.8. The predicted octanol–water partition coefficient (Wildman–Crippen LogP) is 1.87. The largest absolute Gasteiger partial charge is 0.388 e. The summed E-state index contributed by atoms with van der Waals surface area (Å²) in [4.78, 5) is 34.0. The minimum Gasteiger partial charge on any atom is -0.388 e. The minimum atomic E-state index is -0.993. The highest BCUT2D eigenvalue weighted by Crippen LogP contribution is 2.24. The first-order chi connectivity index (χ1) is 14.4. The Hall–Kier alpha value is -2.25. The van der Waals surface area contributed by atoms with Crippen LogP contribution >= 0.6 is 0 Å². The van der Waals surface area contributed by atoms with Crippen molar-refractivity contribution in [2.45, 2.75) is 51.2 Å². The normalized spacial score (nSPS) is 22.3. The van der Waals surface area contributed by atoms with Gasteiger partial charge in [0.1, 0.15) is 0 Å². The molecule has 2 aliphatic heterocycles. The second-order valence-electron chi connectivity index (χ2n) is 9.10. The van der Waals surface area contributed by atoms with Crippen molar-refractivity contribution in [3.8, 4) is 0 Å². The highest BCUT2D eigenvalue weighted by molar-refractivity contribution is 5.77. The number of hydrogen-bond donors (Lipinski definition) is 1. The number of piperidine rings is 2. The van der Waals surface area contributed by atoms with E-state index in [1.165, 1.54) is 23.7 Å². The first-order valence-electron chi connectivity index (χ1n) is 11.1. The molecular formula is C23H32N4O3. The number of carbonyl (C=O) groups is 1. The summed E-state index contributed by atoms with van der Waals surface area (Å²) in [6, 6.07) is 7.24. The Morgan fingerprint density at radius 2 is 2.00 bits per heavy atom. The lowest BCUT2D eigenvalue weighted by atomic mass is 9.91. The van der Waals surface area contributed by atoms with E-state index in [-0.39, 0.29) is 18.0 Å². The second-order valence-corrected chi connectivity index (χ2v) is 9.10. The fraction of sp³-hybridized carbons (Fsp3) is 0.609. The lowest BCUT2D eigenvalue weighted by Crippen LogP contribution is -2.50. The van der Waals surface area contributed by atoms with Crippen molar-refractivity contribution in [2.24, 2.45) is 5.92 Å². The number of para-hydroxylation sites is 1. The molecule has 162 valence electrons. The van der Waals surface area contributed by atoms with Crippen LogP contribution in [0.15, 0.2) is 35.4 Å². The molecule has 1 aromatic heterocycles. The summed E-state index contributed by atoms with van der Waals surface area (Å²) in [5, 5.41) is 11.6. The Balaban J connectivity index is 1.31. The molecule has 2 aliphatic rings. The Bertz CT molecular complexity index is 949. The van der Waals surface area contributed by atoms with E-state index in [4.69, 9.17) is 0 Å². The Kier molecular flexibility index (Phi) is 6.20. The maximum atomic E-state index is 12.7. The van der Waals surface area contributed by atoms with E-state index in [2.05, 4.69) is 16.8 Å². The molecule has 3 heterocycles. The van der Waals surface area contributed by atoms with E-state index in [9.17, 15) is 14.7 Å². The zero-order valence-electron chi connectivity index (χ0n) is 17.8. The molecule has 1 N–H and O–H groups in total. The summed E-state index contributed by atoms with van der Waals surface area (Å²) in [7, 11) is 0. The molecule has 0 radical (unpaired) electrons. The summed E-state index contributed by atoms with van der Waals surface area (Å²) in [5.41, 5.74) is -0.468. The molecule has 0 saturated carbocycles. The van der Waals surface area contributed by atoms with Crippen LogP contribution in [-0.4, -0.2) is 68.7 Å². The number of aliphatic hydroxyl groups is 1. The van der Waals surface area contributed by atoms with Crippen molar-refractivity contribution < 1.29 is 9.90 Å². The predicted molar refractivity (Wildman–Crippen MR) is 116 cm³/mol. The van der Waals surface area contributed by atoms with Gasteiger partial charge in [0.15, 0.2) is 0 Å². The molecule has 2 aromatic rings. The molecule has 0 spiro atoms. The number of benzene rings is 1. The van der Waals surface area contributed by atoms with E-state index in [0.29, 0.717) is 49.2 Å². The van der Waals surface area contributed by atoms with Gasteiger partial charge in [-0.15, -0.1) is 0 Å². The van der Waals surface area contributed by atoms with Gasteiger partial charge in [0, 0.05) is 32.6 Å². The van der Waals surface area contributed by atoms with Crippen LogP contribution in [0.5, 0.6) is 0 Å². The fourth-order valence-corrected chi connectivity index (χ4v) is 4.77. The molecule has 1 atom stereocenters. The van der Waals surface area contributed by atoms with Crippen LogP contribution in [0.2, 0.25) is 0 Å². The average Bonchev–Trinajstić information content (AvgIpc) is 2.75. The van der Waals surface area contributed by atoms with Crippen LogP contribution in [0.25, 0.3) is 10.9 Å². The summed E-state index contributed by atoms with van der Waals surface area (Å²) < 4.78 is 1.50. The summed E-state index contributed by atoms with van der Waals surface area (Å²) >= 11 is 0. The summed E-state index contributed by atoms with van der Waals surface area (Å²) in [6.07, 6.45) is 5.50. The van der Waals surface area contributed by atoms with Gasteiger partial charge in [-0.25, -0.2) is 4.98 Å². The topological polar surface area (TPSA) is 78.7 Å². The van der Waals surface area contributed by atoms with E-state index < -0.39 is 5.60 Å². The second kappa shape index (κ2) is 8.86. The van der Waals surface area contributed by atoms with Gasteiger partial charge in [-0.3, -0.25) is 14.2 Å². The van der Waals surface area contributed by atoms with Gasteiger partial charge in [0.25, 0.3) is 5.56 Å². The van der Waals surface area contributed by atoms with Crippen LogP contribution in [0.4, 0.5) is 0 Å². The third kappa shape index (κ3) is 4.73. The van der Waals surface area contributed by atoms with Crippen molar-refractivity contribution in [3.63, 3.8) is 0 Å². The number of aromatic nitrogens is 2. The average molecular weight is 413 g/mol. The van der Waals surface area contributed by atoms with Crippen molar-refractivity contribution in [2.75, 3.05) is 32.7 Å². The lowest BCUT2D eigenvalue weighted by Gasteiger charge is -2.39. The molecule has 2 saturated heterocycles. The van der Waals surface area contributed by atoms with Crippen LogP contribution < -0.4 is 5.56 Å². The highest BCUT2D eigenvalue weighted by atomic mass is 16.3. The number of hydrogen-bond acceptors (Lipinski definition) is 5. The van der Waals surface area contributed by atoms with Crippen molar-refractivity contribution in [3.05, 3.63) is 40.9 Å². The standard InChI is InChI=1S/C23H32N4O3/c1-18-5-4-11-25(15-18)12-8-21(28)26-13-9-23(30,10-14-26)16-27-17-24-20-7-3-2-6-19(20)22(27)29/h2-3,6-7,17-18,30H,4-5,8-16H2,1H3/t18-/m0/s1. The maximum absolute atomic E-state index is 12.7. The number of carbonyl (C=O) groups excluding carboxylic acids is 1. The SMILES string of the molecule is C[C@H]1CCCN(CCC(=O)N2CCC(O)(Cn3cnc4ccccc4c3=O)CC2)C1.